The van der Waals surface area contributed by atoms with Crippen molar-refractivity contribution >= 4 is 0 Å². The van der Waals surface area contributed by atoms with Crippen LogP contribution in [0.25, 0.3) is 0 Å². The van der Waals surface area contributed by atoms with E-state index in [0.717, 1.165) is 24.2 Å². The molecule has 1 fully saturated rings. The number of benzene rings is 1. The summed E-state index contributed by atoms with van der Waals surface area (Å²) >= 11 is 0. The van der Waals surface area contributed by atoms with Gasteiger partial charge in [-0.1, -0.05) is 37.8 Å². The van der Waals surface area contributed by atoms with Gasteiger partial charge in [0.2, 0.25) is 0 Å². The second-order valence-corrected chi connectivity index (χ2v) is 5.86. The molecule has 0 aromatic heterocycles. The fourth-order valence-corrected chi connectivity index (χ4v) is 3.33. The predicted octanol–water partition coefficient (Wildman–Crippen LogP) is 3.07. The summed E-state index contributed by atoms with van der Waals surface area (Å²) in [4.78, 5) is 0. The predicted molar refractivity (Wildman–Crippen MR) is 82.0 cm³/mol. The summed E-state index contributed by atoms with van der Waals surface area (Å²) in [5.41, 5.74) is 7.03. The molecule has 2 rings (SSSR count). The summed E-state index contributed by atoms with van der Waals surface area (Å²) in [6.45, 7) is 0.477. The molecule has 0 aliphatic heterocycles. The van der Waals surface area contributed by atoms with Gasteiger partial charge in [-0.15, -0.1) is 0 Å². The minimum absolute atomic E-state index is 0.00759. The number of aliphatic hydroxyl groups is 1. The highest BCUT2D eigenvalue weighted by atomic mass is 16.5. The first-order chi connectivity index (χ1) is 9.76. The first-order valence-electron chi connectivity index (χ1n) is 7.78. The summed E-state index contributed by atoms with van der Waals surface area (Å²) in [6, 6.07) is 7.93. The molecular weight excluding hydrogens is 250 g/mol. The van der Waals surface area contributed by atoms with Crippen LogP contribution in [-0.4, -0.2) is 24.9 Å². The highest BCUT2D eigenvalue weighted by Gasteiger charge is 2.28. The molecule has 112 valence electrons. The van der Waals surface area contributed by atoms with Gasteiger partial charge in [-0.25, -0.2) is 0 Å². The number of methoxy groups -OCH3 is 1. The Labute approximate surface area is 122 Å². The quantitative estimate of drug-likeness (QED) is 0.813. The van der Waals surface area contributed by atoms with E-state index < -0.39 is 0 Å². The zero-order chi connectivity index (χ0) is 14.4. The first kappa shape index (κ1) is 15.3. The molecule has 0 spiro atoms. The number of hydrogen-bond donors (Lipinski definition) is 2. The van der Waals surface area contributed by atoms with Crippen LogP contribution < -0.4 is 10.5 Å². The van der Waals surface area contributed by atoms with Gasteiger partial charge in [0, 0.05) is 12.5 Å². The third-order valence-electron chi connectivity index (χ3n) is 4.57. The van der Waals surface area contributed by atoms with Crippen LogP contribution in [0.4, 0.5) is 0 Å². The molecule has 0 heterocycles. The lowest BCUT2D eigenvalue weighted by molar-refractivity contribution is 0.0741. The number of ether oxygens (including phenoxy) is 1. The molecule has 1 aliphatic carbocycles. The summed E-state index contributed by atoms with van der Waals surface area (Å²) in [5, 5.41) is 10.8. The molecule has 2 unspecified atom stereocenters. The molecule has 20 heavy (non-hydrogen) atoms. The maximum Gasteiger partial charge on any atom is 0.119 e. The van der Waals surface area contributed by atoms with Gasteiger partial charge in [0.25, 0.3) is 0 Å². The molecule has 1 aromatic rings. The topological polar surface area (TPSA) is 55.5 Å². The van der Waals surface area contributed by atoms with E-state index in [1.807, 2.05) is 24.3 Å². The van der Waals surface area contributed by atoms with Crippen molar-refractivity contribution in [3.8, 4) is 5.75 Å². The normalized spacial score (nSPS) is 20.1. The van der Waals surface area contributed by atoms with Crippen molar-refractivity contribution in [2.24, 2.45) is 11.7 Å². The van der Waals surface area contributed by atoms with Crippen LogP contribution in [0.5, 0.6) is 5.75 Å². The van der Waals surface area contributed by atoms with Crippen LogP contribution in [0.3, 0.4) is 0 Å². The lowest BCUT2D eigenvalue weighted by Gasteiger charge is -2.29. The SMILES string of the molecule is COc1cccc(C(CN)C(O)C2CCCCCC2)c1. The minimum Gasteiger partial charge on any atom is -0.497 e. The first-order valence-corrected chi connectivity index (χ1v) is 7.78. The number of nitrogens with two attached hydrogens (primary N) is 1. The second kappa shape index (κ2) is 7.65. The molecule has 0 saturated heterocycles. The van der Waals surface area contributed by atoms with Crippen molar-refractivity contribution in [2.75, 3.05) is 13.7 Å². The van der Waals surface area contributed by atoms with Crippen molar-refractivity contribution in [3.63, 3.8) is 0 Å². The van der Waals surface area contributed by atoms with Crippen LogP contribution in [0, 0.1) is 5.92 Å². The third-order valence-corrected chi connectivity index (χ3v) is 4.57. The van der Waals surface area contributed by atoms with Gasteiger partial charge in [-0.2, -0.15) is 0 Å². The van der Waals surface area contributed by atoms with Crippen molar-refractivity contribution in [1.29, 1.82) is 0 Å². The van der Waals surface area contributed by atoms with E-state index >= 15 is 0 Å². The lowest BCUT2D eigenvalue weighted by Crippen LogP contribution is -2.32. The van der Waals surface area contributed by atoms with Gasteiger partial charge in [0.05, 0.1) is 13.2 Å². The van der Waals surface area contributed by atoms with Gasteiger partial charge in [-0.05, 0) is 36.5 Å². The summed E-state index contributed by atoms with van der Waals surface area (Å²) in [7, 11) is 1.66. The van der Waals surface area contributed by atoms with E-state index in [0.29, 0.717) is 12.5 Å². The second-order valence-electron chi connectivity index (χ2n) is 5.86. The molecule has 1 aliphatic rings. The number of hydrogen-bond acceptors (Lipinski definition) is 3. The Kier molecular flexibility index (Phi) is 5.86. The van der Waals surface area contributed by atoms with Crippen LogP contribution in [0.15, 0.2) is 24.3 Å². The smallest absolute Gasteiger partial charge is 0.119 e. The Morgan fingerprint density at radius 1 is 1.25 bits per heavy atom. The average Bonchev–Trinajstić information content (AvgIpc) is 2.77. The standard InChI is InChI=1S/C17H27NO2/c1-20-15-10-6-9-14(11-15)16(12-18)17(19)13-7-4-2-3-5-8-13/h6,9-11,13,16-17,19H,2-5,7-8,12,18H2,1H3. The third kappa shape index (κ3) is 3.74. The minimum atomic E-state index is -0.342. The largest absolute Gasteiger partial charge is 0.497 e. The fourth-order valence-electron chi connectivity index (χ4n) is 3.33. The van der Waals surface area contributed by atoms with Crippen molar-refractivity contribution < 1.29 is 9.84 Å². The molecule has 3 N–H and O–H groups in total. The molecule has 0 bridgehead atoms. The summed E-state index contributed by atoms with van der Waals surface area (Å²) < 4.78 is 5.27. The van der Waals surface area contributed by atoms with E-state index in [2.05, 4.69) is 0 Å². The van der Waals surface area contributed by atoms with Gasteiger partial charge in [0.15, 0.2) is 0 Å². The van der Waals surface area contributed by atoms with E-state index in [1.165, 1.54) is 25.7 Å². The van der Waals surface area contributed by atoms with Gasteiger partial charge >= 0.3 is 0 Å². The van der Waals surface area contributed by atoms with Crippen LogP contribution in [0.2, 0.25) is 0 Å². The zero-order valence-corrected chi connectivity index (χ0v) is 12.4. The number of aliphatic hydroxyl groups excluding tert-OH is 1. The van der Waals surface area contributed by atoms with E-state index in [4.69, 9.17) is 10.5 Å². The van der Waals surface area contributed by atoms with E-state index in [-0.39, 0.29) is 12.0 Å². The van der Waals surface area contributed by atoms with E-state index in [9.17, 15) is 5.11 Å². The van der Waals surface area contributed by atoms with Crippen molar-refractivity contribution in [3.05, 3.63) is 29.8 Å². The molecule has 3 nitrogen and oxygen atoms in total. The van der Waals surface area contributed by atoms with Crippen LogP contribution >= 0.6 is 0 Å². The van der Waals surface area contributed by atoms with Crippen LogP contribution in [-0.2, 0) is 0 Å². The van der Waals surface area contributed by atoms with Gasteiger partial charge in [-0.3, -0.25) is 0 Å². The fraction of sp³-hybridized carbons (Fsp3) is 0.647. The highest BCUT2D eigenvalue weighted by molar-refractivity contribution is 5.31. The molecule has 1 aromatic carbocycles. The van der Waals surface area contributed by atoms with E-state index in [1.54, 1.807) is 7.11 Å². The molecule has 3 heteroatoms. The Balaban J connectivity index is 2.12. The monoisotopic (exact) mass is 277 g/mol. The highest BCUT2D eigenvalue weighted by Crippen LogP contribution is 2.33. The van der Waals surface area contributed by atoms with Crippen LogP contribution in [0.1, 0.15) is 50.0 Å². The summed E-state index contributed by atoms with van der Waals surface area (Å²) in [6.07, 6.45) is 6.98. The molecule has 0 radical (unpaired) electrons. The molecule has 2 atom stereocenters. The van der Waals surface area contributed by atoms with Gasteiger partial charge < -0.3 is 15.6 Å². The van der Waals surface area contributed by atoms with Crippen molar-refractivity contribution in [2.45, 2.75) is 50.5 Å². The Morgan fingerprint density at radius 2 is 1.95 bits per heavy atom. The summed E-state index contributed by atoms with van der Waals surface area (Å²) in [5.74, 6) is 1.22. The van der Waals surface area contributed by atoms with Crippen molar-refractivity contribution in [1.82, 2.24) is 0 Å². The Bertz CT molecular complexity index is 400. The Hall–Kier alpha value is -1.06. The number of rotatable bonds is 5. The lowest BCUT2D eigenvalue weighted by atomic mass is 9.82. The van der Waals surface area contributed by atoms with Gasteiger partial charge in [0.1, 0.15) is 5.75 Å². The average molecular weight is 277 g/mol. The molecule has 1 saturated carbocycles. The Morgan fingerprint density at radius 3 is 2.55 bits per heavy atom. The molecule has 0 amide bonds. The molecular formula is C17H27NO2. The zero-order valence-electron chi connectivity index (χ0n) is 12.4. The maximum atomic E-state index is 10.8. The maximum absolute atomic E-state index is 10.8.